The van der Waals surface area contributed by atoms with Crippen LogP contribution in [0.25, 0.3) is 0 Å². The molecule has 17 heavy (non-hydrogen) atoms. The van der Waals surface area contributed by atoms with E-state index in [1.54, 1.807) is 0 Å². The number of piperidine rings is 1. The van der Waals surface area contributed by atoms with Crippen LogP contribution in [0, 0.1) is 0 Å². The molecule has 2 aliphatic heterocycles. The average molecular weight is 231 g/mol. The van der Waals surface area contributed by atoms with Crippen molar-refractivity contribution in [1.29, 1.82) is 0 Å². The van der Waals surface area contributed by atoms with Crippen molar-refractivity contribution < 1.29 is 4.74 Å². The van der Waals surface area contributed by atoms with Crippen LogP contribution in [0.2, 0.25) is 0 Å². The highest BCUT2D eigenvalue weighted by Gasteiger charge is 2.47. The van der Waals surface area contributed by atoms with Gasteiger partial charge in [0.1, 0.15) is 5.72 Å². The number of hydrogen-bond acceptors (Lipinski definition) is 2. The Morgan fingerprint density at radius 3 is 2.76 bits per heavy atom. The van der Waals surface area contributed by atoms with E-state index in [0.29, 0.717) is 6.04 Å². The fourth-order valence-electron chi connectivity index (χ4n) is 3.35. The summed E-state index contributed by atoms with van der Waals surface area (Å²) in [6.45, 7) is 5.63. The van der Waals surface area contributed by atoms with Gasteiger partial charge in [0.15, 0.2) is 0 Å². The second-order valence-electron chi connectivity index (χ2n) is 5.59. The first-order valence-corrected chi connectivity index (χ1v) is 6.68. The normalized spacial score (nSPS) is 38.0. The Hall–Kier alpha value is -0.860. The van der Waals surface area contributed by atoms with E-state index in [2.05, 4.69) is 49.1 Å². The zero-order chi connectivity index (χ0) is 11.9. The zero-order valence-corrected chi connectivity index (χ0v) is 10.7. The lowest BCUT2D eigenvalue weighted by Gasteiger charge is -2.42. The van der Waals surface area contributed by atoms with Crippen molar-refractivity contribution in [1.82, 2.24) is 4.90 Å². The van der Waals surface area contributed by atoms with Crippen molar-refractivity contribution in [3.63, 3.8) is 0 Å². The molecule has 0 spiro atoms. The monoisotopic (exact) mass is 231 g/mol. The van der Waals surface area contributed by atoms with Gasteiger partial charge >= 0.3 is 0 Å². The molecular weight excluding hydrogens is 210 g/mol. The lowest BCUT2D eigenvalue weighted by Crippen LogP contribution is -2.50. The summed E-state index contributed by atoms with van der Waals surface area (Å²) in [4.78, 5) is 2.55. The molecule has 2 nitrogen and oxygen atoms in total. The largest absolute Gasteiger partial charge is 0.351 e. The summed E-state index contributed by atoms with van der Waals surface area (Å²) in [5.74, 6) is 0. The van der Waals surface area contributed by atoms with Crippen LogP contribution in [-0.2, 0) is 4.74 Å². The molecule has 0 bridgehead atoms. The highest BCUT2D eigenvalue weighted by atomic mass is 16.5. The Labute approximate surface area is 104 Å². The van der Waals surface area contributed by atoms with E-state index in [-0.39, 0.29) is 11.8 Å². The van der Waals surface area contributed by atoms with E-state index in [1.807, 2.05) is 0 Å². The van der Waals surface area contributed by atoms with Gasteiger partial charge in [0.05, 0.1) is 6.10 Å². The van der Waals surface area contributed by atoms with Gasteiger partial charge in [0.25, 0.3) is 0 Å². The SMILES string of the molecule is C[C@@H]1CCC[C@]2(C)O[C@@H](c3ccccc3)CN12. The second kappa shape index (κ2) is 4.11. The van der Waals surface area contributed by atoms with Gasteiger partial charge in [-0.3, -0.25) is 4.90 Å². The fraction of sp³-hybridized carbons (Fsp3) is 0.600. The van der Waals surface area contributed by atoms with E-state index in [9.17, 15) is 0 Å². The molecule has 0 N–H and O–H groups in total. The van der Waals surface area contributed by atoms with Crippen LogP contribution < -0.4 is 0 Å². The van der Waals surface area contributed by atoms with Crippen molar-refractivity contribution >= 4 is 0 Å². The van der Waals surface area contributed by atoms with Gasteiger partial charge in [-0.1, -0.05) is 30.3 Å². The number of benzene rings is 1. The van der Waals surface area contributed by atoms with Crippen LogP contribution in [0.3, 0.4) is 0 Å². The van der Waals surface area contributed by atoms with Crippen molar-refractivity contribution in [3.05, 3.63) is 35.9 Å². The summed E-state index contributed by atoms with van der Waals surface area (Å²) in [7, 11) is 0. The minimum absolute atomic E-state index is 0.0296. The molecule has 1 aromatic carbocycles. The first-order chi connectivity index (χ1) is 8.19. The Bertz CT molecular complexity index is 391. The van der Waals surface area contributed by atoms with E-state index in [1.165, 1.54) is 24.8 Å². The van der Waals surface area contributed by atoms with Crippen LogP contribution in [0.4, 0.5) is 0 Å². The molecular formula is C15H21NO. The van der Waals surface area contributed by atoms with Crippen molar-refractivity contribution in [2.45, 2.75) is 51.0 Å². The second-order valence-corrected chi connectivity index (χ2v) is 5.59. The van der Waals surface area contributed by atoms with Gasteiger partial charge in [0, 0.05) is 12.6 Å². The van der Waals surface area contributed by atoms with E-state index in [0.717, 1.165) is 6.54 Å². The highest BCUT2D eigenvalue weighted by Crippen LogP contribution is 2.43. The summed E-state index contributed by atoms with van der Waals surface area (Å²) in [6.07, 6.45) is 4.01. The summed E-state index contributed by atoms with van der Waals surface area (Å²) in [6, 6.07) is 11.3. The predicted octanol–water partition coefficient (Wildman–Crippen LogP) is 3.35. The summed E-state index contributed by atoms with van der Waals surface area (Å²) < 4.78 is 6.34. The molecule has 0 aromatic heterocycles. The maximum Gasteiger partial charge on any atom is 0.120 e. The number of fused-ring (bicyclic) bond motifs is 1. The van der Waals surface area contributed by atoms with Crippen LogP contribution in [0.15, 0.2) is 30.3 Å². The minimum atomic E-state index is -0.0296. The average Bonchev–Trinajstić information content (AvgIpc) is 2.69. The number of rotatable bonds is 1. The van der Waals surface area contributed by atoms with Crippen LogP contribution in [0.1, 0.15) is 44.8 Å². The molecule has 3 atom stereocenters. The summed E-state index contributed by atoms with van der Waals surface area (Å²) >= 11 is 0. The molecule has 2 heteroatoms. The van der Waals surface area contributed by atoms with Crippen LogP contribution in [0.5, 0.6) is 0 Å². The zero-order valence-electron chi connectivity index (χ0n) is 10.7. The Morgan fingerprint density at radius 2 is 2.06 bits per heavy atom. The van der Waals surface area contributed by atoms with Gasteiger partial charge in [-0.2, -0.15) is 0 Å². The molecule has 0 amide bonds. The lowest BCUT2D eigenvalue weighted by molar-refractivity contribution is -0.124. The predicted molar refractivity (Wildman–Crippen MR) is 68.7 cm³/mol. The highest BCUT2D eigenvalue weighted by molar-refractivity contribution is 5.19. The van der Waals surface area contributed by atoms with E-state index in [4.69, 9.17) is 4.74 Å². The van der Waals surface area contributed by atoms with Crippen LogP contribution >= 0.6 is 0 Å². The maximum absolute atomic E-state index is 6.34. The summed E-state index contributed by atoms with van der Waals surface area (Å²) in [5, 5.41) is 0. The number of ether oxygens (including phenoxy) is 1. The molecule has 92 valence electrons. The smallest absolute Gasteiger partial charge is 0.120 e. The molecule has 2 heterocycles. The van der Waals surface area contributed by atoms with E-state index >= 15 is 0 Å². The van der Waals surface area contributed by atoms with Crippen LogP contribution in [-0.4, -0.2) is 23.2 Å². The third kappa shape index (κ3) is 1.90. The molecule has 2 aliphatic rings. The maximum atomic E-state index is 6.34. The first kappa shape index (κ1) is 11.2. The topological polar surface area (TPSA) is 12.5 Å². The van der Waals surface area contributed by atoms with Gasteiger partial charge in [-0.05, 0) is 38.7 Å². The summed E-state index contributed by atoms with van der Waals surface area (Å²) in [5.41, 5.74) is 1.29. The number of nitrogens with zero attached hydrogens (tertiary/aromatic N) is 1. The Balaban J connectivity index is 1.84. The molecule has 2 saturated heterocycles. The minimum Gasteiger partial charge on any atom is -0.351 e. The third-order valence-corrected chi connectivity index (χ3v) is 4.33. The molecule has 2 fully saturated rings. The Morgan fingerprint density at radius 1 is 1.29 bits per heavy atom. The van der Waals surface area contributed by atoms with Gasteiger partial charge in [-0.15, -0.1) is 0 Å². The molecule has 0 saturated carbocycles. The molecule has 0 radical (unpaired) electrons. The first-order valence-electron chi connectivity index (χ1n) is 6.68. The number of hydrogen-bond donors (Lipinski definition) is 0. The third-order valence-electron chi connectivity index (χ3n) is 4.33. The molecule has 0 aliphatic carbocycles. The van der Waals surface area contributed by atoms with Gasteiger partial charge in [0.2, 0.25) is 0 Å². The van der Waals surface area contributed by atoms with Crippen molar-refractivity contribution in [2.75, 3.05) is 6.54 Å². The fourth-order valence-corrected chi connectivity index (χ4v) is 3.35. The molecule has 0 unspecified atom stereocenters. The molecule has 3 rings (SSSR count). The van der Waals surface area contributed by atoms with E-state index < -0.39 is 0 Å². The molecule has 1 aromatic rings. The lowest BCUT2D eigenvalue weighted by atomic mass is 9.95. The quantitative estimate of drug-likeness (QED) is 0.735. The van der Waals surface area contributed by atoms with Crippen molar-refractivity contribution in [2.24, 2.45) is 0 Å². The standard InChI is InChI=1S/C15H21NO/c1-12-7-6-10-15(2)16(12)11-14(17-15)13-8-4-3-5-9-13/h3-5,8-9,12,14H,6-7,10-11H2,1-2H3/t12-,14-,15+/m1/s1. The van der Waals surface area contributed by atoms with Gasteiger partial charge in [-0.25, -0.2) is 0 Å². The van der Waals surface area contributed by atoms with Crippen molar-refractivity contribution in [3.8, 4) is 0 Å². The Kier molecular flexibility index (Phi) is 2.72. The van der Waals surface area contributed by atoms with Gasteiger partial charge < -0.3 is 4.74 Å².